The lowest BCUT2D eigenvalue weighted by Gasteiger charge is -1.94. The number of hydrogen-bond donors (Lipinski definition) is 0. The van der Waals surface area contributed by atoms with Gasteiger partial charge in [-0.15, -0.1) is 0 Å². The van der Waals surface area contributed by atoms with E-state index in [0.717, 1.165) is 0 Å². The number of hydrogen-bond acceptors (Lipinski definition) is 3. The Morgan fingerprint density at radius 3 is 1.80 bits per heavy atom. The van der Waals surface area contributed by atoms with E-state index < -0.39 is 0 Å². The van der Waals surface area contributed by atoms with Gasteiger partial charge in [-0.25, -0.2) is 0 Å². The molecule has 2 aromatic heterocycles. The Kier molecular flexibility index (Phi) is 3.92. The van der Waals surface area contributed by atoms with Crippen LogP contribution < -0.4 is 0 Å². The van der Waals surface area contributed by atoms with Crippen molar-refractivity contribution in [2.24, 2.45) is 0 Å². The summed E-state index contributed by atoms with van der Waals surface area (Å²) < 4.78 is 10.1. The summed E-state index contributed by atoms with van der Waals surface area (Å²) in [5.74, 6) is 1.48. The van der Waals surface area contributed by atoms with Crippen LogP contribution in [0, 0.1) is 7.43 Å². The fourth-order valence-electron chi connectivity index (χ4n) is 1.28. The summed E-state index contributed by atoms with van der Waals surface area (Å²) in [6.45, 7) is 0. The maximum atomic E-state index is 11.5. The maximum Gasteiger partial charge on any atom is 0.147 e. The molecule has 0 unspecified atom stereocenters. The topological polar surface area (TPSA) is 43.4 Å². The number of furan rings is 2. The highest BCUT2D eigenvalue weighted by molar-refractivity contribution is 5.82. The summed E-state index contributed by atoms with van der Waals surface area (Å²) in [4.78, 5) is 11.5. The molecule has 0 amide bonds. The fraction of sp³-hybridized carbons (Fsp3) is 0.167. The number of carbonyl (C=O) groups excluding carboxylic acids is 1. The predicted molar refractivity (Wildman–Crippen MR) is 53.1 cm³/mol. The first-order chi connectivity index (χ1) is 6.84. The normalized spacial score (nSPS) is 9.60. The van der Waals surface area contributed by atoms with Crippen LogP contribution in [-0.2, 0) is 17.6 Å². The molecule has 0 N–H and O–H groups in total. The molecule has 3 nitrogen and oxygen atoms in total. The monoisotopic (exact) mass is 202 g/mol. The SMILES string of the molecule is O=C(Cc1ccco1)Cc1ccco1.[C]. The number of ketones is 1. The van der Waals surface area contributed by atoms with Crippen LogP contribution in [0.4, 0.5) is 0 Å². The van der Waals surface area contributed by atoms with E-state index >= 15 is 0 Å². The Bertz CT molecular complexity index is 346. The van der Waals surface area contributed by atoms with Crippen LogP contribution in [0.1, 0.15) is 11.5 Å². The van der Waals surface area contributed by atoms with E-state index in [1.54, 1.807) is 36.8 Å². The van der Waals surface area contributed by atoms with Crippen LogP contribution in [0.3, 0.4) is 0 Å². The van der Waals surface area contributed by atoms with Crippen LogP contribution in [0.15, 0.2) is 45.6 Å². The van der Waals surface area contributed by atoms with Gasteiger partial charge in [-0.05, 0) is 24.3 Å². The molecule has 0 aliphatic carbocycles. The maximum absolute atomic E-state index is 11.5. The molecule has 4 radical (unpaired) electrons. The summed E-state index contributed by atoms with van der Waals surface area (Å²) in [6.07, 6.45) is 3.78. The highest BCUT2D eigenvalue weighted by atomic mass is 16.3. The first-order valence-electron chi connectivity index (χ1n) is 4.41. The van der Waals surface area contributed by atoms with Gasteiger partial charge < -0.3 is 8.83 Å². The van der Waals surface area contributed by atoms with Crippen LogP contribution in [0.5, 0.6) is 0 Å². The summed E-state index contributed by atoms with van der Waals surface area (Å²) >= 11 is 0. The van der Waals surface area contributed by atoms with Crippen molar-refractivity contribution in [1.29, 1.82) is 0 Å². The summed E-state index contributed by atoms with van der Waals surface area (Å²) in [7, 11) is 0. The van der Waals surface area contributed by atoms with Crippen LogP contribution >= 0.6 is 0 Å². The second kappa shape index (κ2) is 5.20. The van der Waals surface area contributed by atoms with Crippen molar-refractivity contribution in [1.82, 2.24) is 0 Å². The first kappa shape index (κ1) is 11.3. The van der Waals surface area contributed by atoms with Crippen molar-refractivity contribution in [3.63, 3.8) is 0 Å². The van der Waals surface area contributed by atoms with E-state index in [4.69, 9.17) is 8.83 Å². The molecule has 15 heavy (non-hydrogen) atoms. The Hall–Kier alpha value is -1.77. The van der Waals surface area contributed by atoms with Gasteiger partial charge >= 0.3 is 0 Å². The molecule has 0 aromatic carbocycles. The summed E-state index contributed by atoms with van der Waals surface area (Å²) in [5, 5.41) is 0. The summed E-state index contributed by atoms with van der Waals surface area (Å²) in [5.41, 5.74) is 0. The quantitative estimate of drug-likeness (QED) is 0.764. The molecule has 2 heterocycles. The molecule has 3 heteroatoms. The minimum Gasteiger partial charge on any atom is -0.469 e. The minimum absolute atomic E-state index is 0. The highest BCUT2D eigenvalue weighted by Crippen LogP contribution is 2.06. The largest absolute Gasteiger partial charge is 0.469 e. The zero-order valence-electron chi connectivity index (χ0n) is 8.10. The Labute approximate surface area is 88.7 Å². The Morgan fingerprint density at radius 1 is 1.00 bits per heavy atom. The van der Waals surface area contributed by atoms with Crippen molar-refractivity contribution >= 4 is 5.78 Å². The zero-order valence-corrected chi connectivity index (χ0v) is 8.10. The molecule has 2 aromatic rings. The Balaban J connectivity index is 0.00000112. The molecule has 0 aliphatic rings. The van der Waals surface area contributed by atoms with Gasteiger partial charge in [-0.3, -0.25) is 4.79 Å². The van der Waals surface area contributed by atoms with Gasteiger partial charge in [0.2, 0.25) is 0 Å². The molecule has 0 atom stereocenters. The molecular weight excluding hydrogens is 192 g/mol. The van der Waals surface area contributed by atoms with Crippen molar-refractivity contribution in [2.45, 2.75) is 12.8 Å². The van der Waals surface area contributed by atoms with E-state index in [1.807, 2.05) is 0 Å². The minimum atomic E-state index is 0. The average molecular weight is 202 g/mol. The van der Waals surface area contributed by atoms with Gasteiger partial charge in [0, 0.05) is 7.43 Å². The fourth-order valence-corrected chi connectivity index (χ4v) is 1.28. The van der Waals surface area contributed by atoms with Gasteiger partial charge in [0.25, 0.3) is 0 Å². The smallest absolute Gasteiger partial charge is 0.147 e. The van der Waals surface area contributed by atoms with Crippen molar-refractivity contribution in [2.75, 3.05) is 0 Å². The number of carbonyl (C=O) groups is 1. The second-order valence-electron chi connectivity index (χ2n) is 3.05. The van der Waals surface area contributed by atoms with Crippen molar-refractivity contribution in [3.05, 3.63) is 55.7 Å². The van der Waals surface area contributed by atoms with Crippen molar-refractivity contribution in [3.8, 4) is 0 Å². The standard InChI is InChI=1S/C11H10O3.C/c12-9(7-10-3-1-5-13-10)8-11-4-2-6-14-11;/h1-6H,7-8H2;. The van der Waals surface area contributed by atoms with Crippen molar-refractivity contribution < 1.29 is 13.6 Å². The van der Waals surface area contributed by atoms with Gasteiger partial charge in [0.15, 0.2) is 0 Å². The molecular formula is C12H10O3. The average Bonchev–Trinajstić information content (AvgIpc) is 2.76. The first-order valence-corrected chi connectivity index (χ1v) is 4.41. The lowest BCUT2D eigenvalue weighted by molar-refractivity contribution is -0.118. The van der Waals surface area contributed by atoms with Gasteiger partial charge in [-0.1, -0.05) is 0 Å². The van der Waals surface area contributed by atoms with E-state index in [9.17, 15) is 4.79 Å². The molecule has 0 bridgehead atoms. The van der Waals surface area contributed by atoms with Crippen LogP contribution in [-0.4, -0.2) is 5.78 Å². The third kappa shape index (κ3) is 3.13. The third-order valence-electron chi connectivity index (χ3n) is 1.90. The molecule has 2 rings (SSSR count). The van der Waals surface area contributed by atoms with Gasteiger partial charge in [-0.2, -0.15) is 0 Å². The molecule has 76 valence electrons. The highest BCUT2D eigenvalue weighted by Gasteiger charge is 2.08. The van der Waals surface area contributed by atoms with E-state index in [2.05, 4.69) is 0 Å². The van der Waals surface area contributed by atoms with E-state index in [1.165, 1.54) is 0 Å². The second-order valence-corrected chi connectivity index (χ2v) is 3.05. The predicted octanol–water partition coefficient (Wildman–Crippen LogP) is 2.31. The van der Waals surface area contributed by atoms with Crippen LogP contribution in [0.25, 0.3) is 0 Å². The van der Waals surface area contributed by atoms with E-state index in [0.29, 0.717) is 24.4 Å². The Morgan fingerprint density at radius 2 is 1.47 bits per heavy atom. The van der Waals surface area contributed by atoms with Crippen LogP contribution in [0.2, 0.25) is 0 Å². The lowest BCUT2D eigenvalue weighted by atomic mass is 10.1. The van der Waals surface area contributed by atoms with E-state index in [-0.39, 0.29) is 13.2 Å². The zero-order chi connectivity index (χ0) is 9.80. The van der Waals surface area contributed by atoms with Gasteiger partial charge in [0.05, 0.1) is 25.4 Å². The molecule has 0 fully saturated rings. The molecule has 0 spiro atoms. The molecule has 0 aliphatic heterocycles. The number of rotatable bonds is 4. The molecule has 0 saturated carbocycles. The summed E-state index contributed by atoms with van der Waals surface area (Å²) in [6, 6.07) is 7.13. The lowest BCUT2D eigenvalue weighted by Crippen LogP contribution is -2.04. The molecule has 0 saturated heterocycles. The van der Waals surface area contributed by atoms with Gasteiger partial charge in [0.1, 0.15) is 17.3 Å². The third-order valence-corrected chi connectivity index (χ3v) is 1.90. The number of Topliss-reactive ketones (excluding diaryl/α,β-unsaturated/α-hetero) is 1.